The second-order valence-electron chi connectivity index (χ2n) is 2.30. The summed E-state index contributed by atoms with van der Waals surface area (Å²) in [4.78, 5) is 9.59. The number of allylic oxidation sites excluding steroid dienone is 3. The number of rotatable bonds is 6. The van der Waals surface area contributed by atoms with Crippen LogP contribution in [0.4, 0.5) is 0 Å². The molecule has 0 aliphatic heterocycles. The van der Waals surface area contributed by atoms with E-state index in [1.165, 1.54) is 6.20 Å². The topological polar surface area (TPSA) is 29.4 Å². The van der Waals surface area contributed by atoms with E-state index in [1.807, 2.05) is 0 Å². The summed E-state index contributed by atoms with van der Waals surface area (Å²) in [6, 6.07) is 0. The van der Waals surface area contributed by atoms with Crippen LogP contribution in [0.25, 0.3) is 0 Å². The first-order valence-corrected chi connectivity index (χ1v) is 4.04. The van der Waals surface area contributed by atoms with E-state index in [9.17, 15) is 4.91 Å². The van der Waals surface area contributed by atoms with E-state index < -0.39 is 0 Å². The molecular formula is C9H15NO. The van der Waals surface area contributed by atoms with Crippen molar-refractivity contribution in [3.8, 4) is 0 Å². The molecule has 0 aromatic heterocycles. The fourth-order valence-corrected chi connectivity index (χ4v) is 0.756. The largest absolute Gasteiger partial charge is 0.145 e. The van der Waals surface area contributed by atoms with Crippen molar-refractivity contribution in [2.24, 2.45) is 5.18 Å². The van der Waals surface area contributed by atoms with Gasteiger partial charge in [-0.2, -0.15) is 0 Å². The zero-order chi connectivity index (χ0) is 8.36. The molecule has 0 aromatic carbocycles. The lowest BCUT2D eigenvalue weighted by Crippen LogP contribution is -1.68. The smallest absolute Gasteiger partial charge is 0.0675 e. The van der Waals surface area contributed by atoms with Crippen molar-refractivity contribution in [3.63, 3.8) is 0 Å². The Morgan fingerprint density at radius 3 is 2.55 bits per heavy atom. The quantitative estimate of drug-likeness (QED) is 0.326. The summed E-state index contributed by atoms with van der Waals surface area (Å²) in [6.07, 6.45) is 11.7. The van der Waals surface area contributed by atoms with E-state index in [0.29, 0.717) is 0 Å². The van der Waals surface area contributed by atoms with Crippen LogP contribution in [0.5, 0.6) is 0 Å². The van der Waals surface area contributed by atoms with Crippen LogP contribution in [0.15, 0.2) is 29.6 Å². The maximum absolute atomic E-state index is 9.59. The second-order valence-corrected chi connectivity index (χ2v) is 2.30. The maximum Gasteiger partial charge on any atom is 0.0675 e. The molecule has 0 aliphatic carbocycles. The number of hydrogen-bond acceptors (Lipinski definition) is 2. The minimum Gasteiger partial charge on any atom is -0.145 e. The standard InChI is InChI=1S/C9H15NO/c1-2-3-4-5-6-7-8-9-10-11/h3-4,8-9H,2,5-7H2,1H3/b4-3?,9-8+. The first-order chi connectivity index (χ1) is 5.41. The van der Waals surface area contributed by atoms with Crippen LogP contribution in [-0.4, -0.2) is 0 Å². The van der Waals surface area contributed by atoms with Crippen molar-refractivity contribution >= 4 is 0 Å². The summed E-state index contributed by atoms with van der Waals surface area (Å²) < 4.78 is 0. The first kappa shape index (κ1) is 10.1. The Kier molecular flexibility index (Phi) is 8.32. The highest BCUT2D eigenvalue weighted by Crippen LogP contribution is 1.98. The van der Waals surface area contributed by atoms with Crippen molar-refractivity contribution in [1.82, 2.24) is 0 Å². The first-order valence-electron chi connectivity index (χ1n) is 4.04. The molecule has 0 aromatic rings. The molecule has 0 rings (SSSR count). The highest BCUT2D eigenvalue weighted by atomic mass is 16.2. The van der Waals surface area contributed by atoms with Gasteiger partial charge in [-0.05, 0) is 30.9 Å². The molecule has 2 heteroatoms. The zero-order valence-corrected chi connectivity index (χ0v) is 6.99. The molecule has 0 unspecified atom stereocenters. The van der Waals surface area contributed by atoms with Gasteiger partial charge in [0.25, 0.3) is 0 Å². The molecule has 0 bridgehead atoms. The van der Waals surface area contributed by atoms with Crippen molar-refractivity contribution in [2.75, 3.05) is 0 Å². The molecule has 0 heterocycles. The summed E-state index contributed by atoms with van der Waals surface area (Å²) in [5, 5.41) is 2.62. The number of nitroso groups, excluding NO2 is 1. The molecule has 0 amide bonds. The van der Waals surface area contributed by atoms with Crippen molar-refractivity contribution in [3.05, 3.63) is 29.3 Å². The third-order valence-corrected chi connectivity index (χ3v) is 1.31. The lowest BCUT2D eigenvalue weighted by molar-refractivity contribution is 0.863. The molecule has 0 aliphatic rings. The van der Waals surface area contributed by atoms with Crippen molar-refractivity contribution < 1.29 is 0 Å². The van der Waals surface area contributed by atoms with Gasteiger partial charge >= 0.3 is 0 Å². The predicted octanol–water partition coefficient (Wildman–Crippen LogP) is 3.40. The Morgan fingerprint density at radius 2 is 1.91 bits per heavy atom. The van der Waals surface area contributed by atoms with E-state index in [0.717, 1.165) is 25.7 Å². The van der Waals surface area contributed by atoms with Crippen molar-refractivity contribution in [1.29, 1.82) is 0 Å². The second kappa shape index (κ2) is 9.08. The zero-order valence-electron chi connectivity index (χ0n) is 6.99. The SMILES string of the molecule is CCC=CCCC/C=C/N=O. The molecule has 0 N–H and O–H groups in total. The predicted molar refractivity (Wildman–Crippen MR) is 48.2 cm³/mol. The minimum absolute atomic E-state index is 0.944. The Hall–Kier alpha value is -0.920. The molecule has 0 atom stereocenters. The van der Waals surface area contributed by atoms with Crippen LogP contribution >= 0.6 is 0 Å². The fourth-order valence-electron chi connectivity index (χ4n) is 0.756. The molecule has 0 radical (unpaired) electrons. The van der Waals surface area contributed by atoms with Crippen LogP contribution in [0.3, 0.4) is 0 Å². The molecule has 0 spiro atoms. The normalized spacial score (nSPS) is 11.4. The van der Waals surface area contributed by atoms with Gasteiger partial charge in [-0.25, -0.2) is 0 Å². The molecule has 11 heavy (non-hydrogen) atoms. The highest BCUT2D eigenvalue weighted by molar-refractivity contribution is 4.83. The lowest BCUT2D eigenvalue weighted by atomic mass is 10.2. The van der Waals surface area contributed by atoms with Gasteiger partial charge in [-0.3, -0.25) is 0 Å². The Bertz CT molecular complexity index is 138. The molecular weight excluding hydrogens is 138 g/mol. The van der Waals surface area contributed by atoms with Gasteiger partial charge in [0.1, 0.15) is 0 Å². The van der Waals surface area contributed by atoms with E-state index >= 15 is 0 Å². The maximum atomic E-state index is 9.59. The number of nitrogens with zero attached hydrogens (tertiary/aromatic N) is 1. The summed E-state index contributed by atoms with van der Waals surface area (Å²) in [5.74, 6) is 0. The van der Waals surface area contributed by atoms with Crippen molar-refractivity contribution in [2.45, 2.75) is 32.6 Å². The fraction of sp³-hybridized carbons (Fsp3) is 0.556. The molecule has 62 valence electrons. The summed E-state index contributed by atoms with van der Waals surface area (Å²) in [5.41, 5.74) is 0. The van der Waals surface area contributed by atoms with Crippen LogP contribution < -0.4 is 0 Å². The number of unbranched alkanes of at least 4 members (excludes halogenated alkanes) is 2. The third-order valence-electron chi connectivity index (χ3n) is 1.31. The lowest BCUT2D eigenvalue weighted by Gasteiger charge is -1.87. The summed E-state index contributed by atoms with van der Waals surface area (Å²) in [6.45, 7) is 2.12. The van der Waals surface area contributed by atoms with Gasteiger partial charge in [0.2, 0.25) is 0 Å². The van der Waals surface area contributed by atoms with E-state index in [2.05, 4.69) is 24.3 Å². The van der Waals surface area contributed by atoms with Gasteiger partial charge in [-0.15, -0.1) is 4.91 Å². The Morgan fingerprint density at radius 1 is 1.18 bits per heavy atom. The number of hydrogen-bond donors (Lipinski definition) is 0. The average molecular weight is 153 g/mol. The summed E-state index contributed by atoms with van der Waals surface area (Å²) >= 11 is 0. The molecule has 0 fully saturated rings. The molecule has 0 saturated carbocycles. The highest BCUT2D eigenvalue weighted by Gasteiger charge is 1.79. The molecule has 2 nitrogen and oxygen atoms in total. The monoisotopic (exact) mass is 153 g/mol. The third kappa shape index (κ3) is 9.08. The Labute approximate surface area is 68.0 Å². The van der Waals surface area contributed by atoms with Gasteiger partial charge < -0.3 is 0 Å². The molecule has 0 saturated heterocycles. The van der Waals surface area contributed by atoms with Crippen LogP contribution in [0, 0.1) is 4.91 Å². The van der Waals surface area contributed by atoms with Gasteiger partial charge in [0, 0.05) is 0 Å². The van der Waals surface area contributed by atoms with E-state index in [-0.39, 0.29) is 0 Å². The average Bonchev–Trinajstić information content (AvgIpc) is 2.03. The Balaban J connectivity index is 3.08. The minimum atomic E-state index is 0.944. The van der Waals surface area contributed by atoms with Crippen LogP contribution in [-0.2, 0) is 0 Å². The van der Waals surface area contributed by atoms with Crippen LogP contribution in [0.2, 0.25) is 0 Å². The van der Waals surface area contributed by atoms with E-state index in [1.54, 1.807) is 6.08 Å². The summed E-state index contributed by atoms with van der Waals surface area (Å²) in [7, 11) is 0. The van der Waals surface area contributed by atoms with Gasteiger partial charge in [0.15, 0.2) is 0 Å². The van der Waals surface area contributed by atoms with E-state index in [4.69, 9.17) is 0 Å². The van der Waals surface area contributed by atoms with Crippen LogP contribution in [0.1, 0.15) is 32.6 Å². The van der Waals surface area contributed by atoms with Gasteiger partial charge in [0.05, 0.1) is 6.20 Å². The van der Waals surface area contributed by atoms with Gasteiger partial charge in [-0.1, -0.05) is 25.2 Å².